The van der Waals surface area contributed by atoms with Gasteiger partial charge in [0.2, 0.25) is 11.8 Å². The van der Waals surface area contributed by atoms with Gasteiger partial charge in [-0.1, -0.05) is 15.9 Å². The molecule has 0 unspecified atom stereocenters. The third kappa shape index (κ3) is 5.10. The number of carbonyl (C=O) groups is 2. The SMILES string of the molecule is COc1ccc(NC(=O)CC(=O)Nc2ccc(Br)cc2C)cc1. The highest BCUT2D eigenvalue weighted by Crippen LogP contribution is 2.20. The van der Waals surface area contributed by atoms with Gasteiger partial charge < -0.3 is 15.4 Å². The molecule has 2 N–H and O–H groups in total. The number of benzene rings is 2. The zero-order valence-corrected chi connectivity index (χ0v) is 14.4. The molecule has 0 heterocycles. The van der Waals surface area contributed by atoms with E-state index in [1.165, 1.54) is 0 Å². The molecular weight excluding hydrogens is 360 g/mol. The monoisotopic (exact) mass is 376 g/mol. The summed E-state index contributed by atoms with van der Waals surface area (Å²) in [4.78, 5) is 23.8. The molecule has 0 bridgehead atoms. The number of hydrogen-bond acceptors (Lipinski definition) is 3. The minimum Gasteiger partial charge on any atom is -0.497 e. The van der Waals surface area contributed by atoms with Crippen molar-refractivity contribution in [3.05, 3.63) is 52.5 Å². The number of amides is 2. The zero-order valence-electron chi connectivity index (χ0n) is 12.9. The fourth-order valence-electron chi connectivity index (χ4n) is 1.99. The van der Waals surface area contributed by atoms with Crippen molar-refractivity contribution in [3.63, 3.8) is 0 Å². The first-order chi connectivity index (χ1) is 11.0. The van der Waals surface area contributed by atoms with Crippen molar-refractivity contribution in [3.8, 4) is 5.75 Å². The van der Waals surface area contributed by atoms with Crippen LogP contribution in [0.5, 0.6) is 5.75 Å². The van der Waals surface area contributed by atoms with E-state index in [1.54, 1.807) is 37.4 Å². The second kappa shape index (κ2) is 7.78. The van der Waals surface area contributed by atoms with Crippen molar-refractivity contribution in [2.75, 3.05) is 17.7 Å². The van der Waals surface area contributed by atoms with Gasteiger partial charge in [-0.3, -0.25) is 9.59 Å². The molecule has 2 aromatic rings. The van der Waals surface area contributed by atoms with E-state index in [4.69, 9.17) is 4.74 Å². The van der Waals surface area contributed by atoms with E-state index in [1.807, 2.05) is 19.1 Å². The molecule has 0 aromatic heterocycles. The Balaban J connectivity index is 1.90. The summed E-state index contributed by atoms with van der Waals surface area (Å²) in [5.41, 5.74) is 2.22. The van der Waals surface area contributed by atoms with E-state index in [2.05, 4.69) is 26.6 Å². The van der Waals surface area contributed by atoms with Crippen molar-refractivity contribution in [2.24, 2.45) is 0 Å². The van der Waals surface area contributed by atoms with Crippen LogP contribution in [0.25, 0.3) is 0 Å². The second-order valence-corrected chi connectivity index (χ2v) is 5.88. The van der Waals surface area contributed by atoms with Crippen LogP contribution >= 0.6 is 15.9 Å². The largest absolute Gasteiger partial charge is 0.497 e. The molecule has 0 saturated carbocycles. The fourth-order valence-corrected chi connectivity index (χ4v) is 2.46. The summed E-state index contributed by atoms with van der Waals surface area (Å²) in [6.07, 6.45) is -0.248. The minimum atomic E-state index is -0.373. The van der Waals surface area contributed by atoms with Gasteiger partial charge in [0.1, 0.15) is 12.2 Å². The van der Waals surface area contributed by atoms with E-state index in [0.29, 0.717) is 17.1 Å². The highest BCUT2D eigenvalue weighted by atomic mass is 79.9. The zero-order chi connectivity index (χ0) is 16.8. The molecule has 2 aromatic carbocycles. The Hall–Kier alpha value is -2.34. The molecule has 0 aliphatic heterocycles. The topological polar surface area (TPSA) is 67.4 Å². The maximum Gasteiger partial charge on any atom is 0.233 e. The number of halogens is 1. The third-order valence-electron chi connectivity index (χ3n) is 3.16. The Kier molecular flexibility index (Phi) is 5.76. The number of carbonyl (C=O) groups excluding carboxylic acids is 2. The van der Waals surface area contributed by atoms with E-state index < -0.39 is 0 Å². The molecule has 0 spiro atoms. The average molecular weight is 377 g/mol. The van der Waals surface area contributed by atoms with Crippen molar-refractivity contribution in [2.45, 2.75) is 13.3 Å². The van der Waals surface area contributed by atoms with Gasteiger partial charge in [0.05, 0.1) is 7.11 Å². The molecule has 23 heavy (non-hydrogen) atoms. The maximum absolute atomic E-state index is 11.9. The summed E-state index contributed by atoms with van der Waals surface area (Å²) in [7, 11) is 1.57. The first-order valence-electron chi connectivity index (χ1n) is 6.98. The van der Waals surface area contributed by atoms with Crippen LogP contribution in [0.1, 0.15) is 12.0 Å². The lowest BCUT2D eigenvalue weighted by molar-refractivity contribution is -0.123. The Morgan fingerprint density at radius 3 is 2.30 bits per heavy atom. The van der Waals surface area contributed by atoms with E-state index in [0.717, 1.165) is 10.0 Å². The van der Waals surface area contributed by atoms with Crippen molar-refractivity contribution in [1.82, 2.24) is 0 Å². The summed E-state index contributed by atoms with van der Waals surface area (Å²) < 4.78 is 5.98. The first kappa shape index (κ1) is 17.0. The summed E-state index contributed by atoms with van der Waals surface area (Å²) in [6.45, 7) is 1.89. The molecule has 0 aliphatic carbocycles. The van der Waals surface area contributed by atoms with Crippen LogP contribution < -0.4 is 15.4 Å². The highest BCUT2D eigenvalue weighted by molar-refractivity contribution is 9.10. The predicted molar refractivity (Wildman–Crippen MR) is 93.7 cm³/mol. The van der Waals surface area contributed by atoms with Crippen molar-refractivity contribution < 1.29 is 14.3 Å². The number of aryl methyl sites for hydroxylation is 1. The number of anilines is 2. The number of rotatable bonds is 5. The quantitative estimate of drug-likeness (QED) is 0.781. The van der Waals surface area contributed by atoms with Gasteiger partial charge in [-0.2, -0.15) is 0 Å². The number of ether oxygens (including phenoxy) is 1. The van der Waals surface area contributed by atoms with Crippen molar-refractivity contribution in [1.29, 1.82) is 0 Å². The predicted octanol–water partition coefficient (Wildman–Crippen LogP) is 3.73. The van der Waals surface area contributed by atoms with Crippen LogP contribution in [-0.4, -0.2) is 18.9 Å². The van der Waals surface area contributed by atoms with E-state index >= 15 is 0 Å². The number of hydrogen-bond donors (Lipinski definition) is 2. The summed E-state index contributed by atoms with van der Waals surface area (Å²) in [5.74, 6) is -0.0321. The van der Waals surface area contributed by atoms with Crippen LogP contribution in [0.4, 0.5) is 11.4 Å². The van der Waals surface area contributed by atoms with Crippen LogP contribution in [0.2, 0.25) is 0 Å². The third-order valence-corrected chi connectivity index (χ3v) is 3.65. The normalized spacial score (nSPS) is 10.0. The fraction of sp³-hybridized carbons (Fsp3) is 0.176. The van der Waals surface area contributed by atoms with Crippen LogP contribution in [0.3, 0.4) is 0 Å². The molecule has 0 atom stereocenters. The second-order valence-electron chi connectivity index (χ2n) is 4.96. The number of nitrogens with one attached hydrogen (secondary N) is 2. The Morgan fingerprint density at radius 2 is 1.70 bits per heavy atom. The van der Waals surface area contributed by atoms with E-state index in [9.17, 15) is 9.59 Å². The smallest absolute Gasteiger partial charge is 0.233 e. The van der Waals surface area contributed by atoms with Gasteiger partial charge >= 0.3 is 0 Å². The Labute approximate surface area is 143 Å². The molecule has 120 valence electrons. The number of methoxy groups -OCH3 is 1. The highest BCUT2D eigenvalue weighted by Gasteiger charge is 2.11. The molecule has 2 rings (SSSR count). The molecule has 0 aliphatic rings. The molecular formula is C17H17BrN2O3. The summed E-state index contributed by atoms with van der Waals surface area (Å²) >= 11 is 3.36. The molecule has 5 nitrogen and oxygen atoms in total. The van der Waals surface area contributed by atoms with Gasteiger partial charge in [0, 0.05) is 15.8 Å². The van der Waals surface area contributed by atoms with Gasteiger partial charge in [0.15, 0.2) is 0 Å². The van der Waals surface area contributed by atoms with Gasteiger partial charge in [-0.15, -0.1) is 0 Å². The van der Waals surface area contributed by atoms with E-state index in [-0.39, 0.29) is 18.2 Å². The van der Waals surface area contributed by atoms with Gasteiger partial charge in [0.25, 0.3) is 0 Å². The summed E-state index contributed by atoms with van der Waals surface area (Å²) in [5, 5.41) is 5.40. The Bertz CT molecular complexity index is 714. The molecule has 0 saturated heterocycles. The van der Waals surface area contributed by atoms with Gasteiger partial charge in [-0.05, 0) is 55.0 Å². The maximum atomic E-state index is 11.9. The summed E-state index contributed by atoms with van der Waals surface area (Å²) in [6, 6.07) is 12.4. The minimum absolute atomic E-state index is 0.248. The Morgan fingerprint density at radius 1 is 1.04 bits per heavy atom. The molecule has 2 amide bonds. The average Bonchev–Trinajstić information content (AvgIpc) is 2.50. The van der Waals surface area contributed by atoms with Crippen LogP contribution in [0, 0.1) is 6.92 Å². The van der Waals surface area contributed by atoms with Gasteiger partial charge in [-0.25, -0.2) is 0 Å². The lowest BCUT2D eigenvalue weighted by Gasteiger charge is -2.09. The van der Waals surface area contributed by atoms with Crippen LogP contribution in [0.15, 0.2) is 46.9 Å². The molecule has 0 radical (unpaired) electrons. The lowest BCUT2D eigenvalue weighted by atomic mass is 10.2. The van der Waals surface area contributed by atoms with Crippen molar-refractivity contribution >= 4 is 39.1 Å². The lowest BCUT2D eigenvalue weighted by Crippen LogP contribution is -2.21. The first-order valence-corrected chi connectivity index (χ1v) is 7.77. The molecule has 6 heteroatoms. The standard InChI is InChI=1S/C17H17BrN2O3/c1-11-9-12(18)3-8-15(11)20-17(22)10-16(21)19-13-4-6-14(23-2)7-5-13/h3-9H,10H2,1-2H3,(H,19,21)(H,20,22). The van der Waals surface area contributed by atoms with Crippen LogP contribution in [-0.2, 0) is 9.59 Å². The molecule has 0 fully saturated rings.